The van der Waals surface area contributed by atoms with E-state index in [1.165, 1.54) is 11.3 Å². The molecule has 19 heavy (non-hydrogen) atoms. The third-order valence-corrected chi connectivity index (χ3v) is 4.04. The molecule has 1 aliphatic rings. The van der Waals surface area contributed by atoms with E-state index < -0.39 is 0 Å². The van der Waals surface area contributed by atoms with E-state index in [9.17, 15) is 0 Å². The summed E-state index contributed by atoms with van der Waals surface area (Å²) >= 11 is 0. The van der Waals surface area contributed by atoms with Crippen LogP contribution >= 0.6 is 0 Å². The molecule has 0 aromatic heterocycles. The summed E-state index contributed by atoms with van der Waals surface area (Å²) < 4.78 is 5.56. The molecule has 3 heteroatoms. The van der Waals surface area contributed by atoms with E-state index in [1.54, 1.807) is 7.11 Å². The topological polar surface area (TPSA) is 24.5 Å². The van der Waals surface area contributed by atoms with Gasteiger partial charge in [0.1, 0.15) is 5.75 Å². The molecule has 1 aromatic carbocycles. The Hall–Kier alpha value is -1.22. The summed E-state index contributed by atoms with van der Waals surface area (Å²) in [5.41, 5.74) is 2.62. The first-order chi connectivity index (χ1) is 8.94. The summed E-state index contributed by atoms with van der Waals surface area (Å²) in [4.78, 5) is 2.49. The van der Waals surface area contributed by atoms with Gasteiger partial charge >= 0.3 is 0 Å². The second kappa shape index (κ2) is 5.41. The molecule has 0 spiro atoms. The SMILES string of the molecule is COc1ccc(C)cc1N1CC(C)NCCC1(C)C. The normalized spacial score (nSPS) is 23.0. The molecule has 1 aromatic rings. The monoisotopic (exact) mass is 262 g/mol. The van der Waals surface area contributed by atoms with Gasteiger partial charge in [-0.05, 0) is 58.4 Å². The van der Waals surface area contributed by atoms with Gasteiger partial charge in [-0.25, -0.2) is 0 Å². The molecule has 0 amide bonds. The van der Waals surface area contributed by atoms with Gasteiger partial charge < -0.3 is 15.0 Å². The highest BCUT2D eigenvalue weighted by Crippen LogP contribution is 2.36. The first-order valence-electron chi connectivity index (χ1n) is 7.10. The quantitative estimate of drug-likeness (QED) is 0.887. The van der Waals surface area contributed by atoms with Crippen molar-refractivity contribution in [3.05, 3.63) is 23.8 Å². The maximum absolute atomic E-state index is 5.56. The highest BCUT2D eigenvalue weighted by molar-refractivity contribution is 5.61. The average Bonchev–Trinajstić information content (AvgIpc) is 2.48. The summed E-state index contributed by atoms with van der Waals surface area (Å²) in [6, 6.07) is 6.91. The molecule has 1 unspecified atom stereocenters. The predicted octanol–water partition coefficient (Wildman–Crippen LogP) is 2.97. The van der Waals surface area contributed by atoms with Crippen LogP contribution in [0.1, 0.15) is 32.8 Å². The maximum Gasteiger partial charge on any atom is 0.142 e. The molecule has 3 nitrogen and oxygen atoms in total. The zero-order valence-corrected chi connectivity index (χ0v) is 12.8. The van der Waals surface area contributed by atoms with Crippen molar-refractivity contribution in [2.45, 2.75) is 45.7 Å². The van der Waals surface area contributed by atoms with Gasteiger partial charge in [0.2, 0.25) is 0 Å². The Balaban J connectivity index is 2.44. The van der Waals surface area contributed by atoms with Crippen molar-refractivity contribution in [3.63, 3.8) is 0 Å². The highest BCUT2D eigenvalue weighted by atomic mass is 16.5. The van der Waals surface area contributed by atoms with Gasteiger partial charge in [-0.3, -0.25) is 0 Å². The minimum atomic E-state index is 0.138. The van der Waals surface area contributed by atoms with E-state index in [0.717, 1.165) is 25.3 Å². The summed E-state index contributed by atoms with van der Waals surface area (Å²) in [5, 5.41) is 3.57. The first-order valence-corrected chi connectivity index (χ1v) is 7.10. The third-order valence-electron chi connectivity index (χ3n) is 4.04. The predicted molar refractivity (Wildman–Crippen MR) is 81.2 cm³/mol. The number of hydrogen-bond donors (Lipinski definition) is 1. The van der Waals surface area contributed by atoms with E-state index in [4.69, 9.17) is 4.74 Å². The second-order valence-corrected chi connectivity index (χ2v) is 6.20. The molecule has 0 radical (unpaired) electrons. The highest BCUT2D eigenvalue weighted by Gasteiger charge is 2.32. The molecule has 106 valence electrons. The van der Waals surface area contributed by atoms with E-state index in [2.05, 4.69) is 56.1 Å². The van der Waals surface area contributed by atoms with Crippen molar-refractivity contribution >= 4 is 5.69 Å². The number of nitrogens with one attached hydrogen (secondary N) is 1. The Bertz CT molecular complexity index is 442. The first kappa shape index (κ1) is 14.2. The minimum Gasteiger partial charge on any atom is -0.495 e. The molecule has 0 aliphatic carbocycles. The molecule has 1 atom stereocenters. The van der Waals surface area contributed by atoms with Crippen molar-refractivity contribution < 1.29 is 4.74 Å². The van der Waals surface area contributed by atoms with Crippen LogP contribution in [0.4, 0.5) is 5.69 Å². The second-order valence-electron chi connectivity index (χ2n) is 6.20. The fourth-order valence-electron chi connectivity index (χ4n) is 2.78. The molecule has 1 saturated heterocycles. The van der Waals surface area contributed by atoms with Gasteiger partial charge in [-0.2, -0.15) is 0 Å². The molecule has 1 heterocycles. The number of anilines is 1. The largest absolute Gasteiger partial charge is 0.495 e. The van der Waals surface area contributed by atoms with E-state index in [0.29, 0.717) is 6.04 Å². The van der Waals surface area contributed by atoms with Crippen LogP contribution in [0.15, 0.2) is 18.2 Å². The molecule has 2 rings (SSSR count). The van der Waals surface area contributed by atoms with Crippen molar-refractivity contribution in [1.29, 1.82) is 0 Å². The molecular weight excluding hydrogens is 236 g/mol. The summed E-state index contributed by atoms with van der Waals surface area (Å²) in [6.45, 7) is 11.1. The Morgan fingerprint density at radius 2 is 2.11 bits per heavy atom. The van der Waals surface area contributed by atoms with Crippen molar-refractivity contribution in [2.24, 2.45) is 0 Å². The van der Waals surface area contributed by atoms with E-state index >= 15 is 0 Å². The summed E-state index contributed by atoms with van der Waals surface area (Å²) in [6.07, 6.45) is 1.13. The summed E-state index contributed by atoms with van der Waals surface area (Å²) in [7, 11) is 1.75. The fraction of sp³-hybridized carbons (Fsp3) is 0.625. The van der Waals surface area contributed by atoms with Gasteiger partial charge in [0.15, 0.2) is 0 Å². The van der Waals surface area contributed by atoms with Crippen LogP contribution in [0, 0.1) is 6.92 Å². The number of rotatable bonds is 2. The lowest BCUT2D eigenvalue weighted by molar-refractivity contribution is 0.401. The number of benzene rings is 1. The fourth-order valence-corrected chi connectivity index (χ4v) is 2.78. The molecular formula is C16H26N2O. The minimum absolute atomic E-state index is 0.138. The Morgan fingerprint density at radius 1 is 1.37 bits per heavy atom. The molecule has 1 N–H and O–H groups in total. The lowest BCUT2D eigenvalue weighted by Gasteiger charge is -2.40. The van der Waals surface area contributed by atoms with Crippen LogP contribution in [0.5, 0.6) is 5.75 Å². The van der Waals surface area contributed by atoms with Crippen LogP contribution in [0.3, 0.4) is 0 Å². The molecule has 0 saturated carbocycles. The third kappa shape index (κ3) is 3.03. The van der Waals surface area contributed by atoms with Crippen LogP contribution in [-0.4, -0.2) is 31.8 Å². The average molecular weight is 262 g/mol. The number of hydrogen-bond acceptors (Lipinski definition) is 3. The smallest absolute Gasteiger partial charge is 0.142 e. The van der Waals surface area contributed by atoms with Crippen LogP contribution in [0.25, 0.3) is 0 Å². The Morgan fingerprint density at radius 3 is 2.79 bits per heavy atom. The van der Waals surface area contributed by atoms with Gasteiger partial charge in [0.25, 0.3) is 0 Å². The number of methoxy groups -OCH3 is 1. The van der Waals surface area contributed by atoms with E-state index in [1.807, 2.05) is 0 Å². The van der Waals surface area contributed by atoms with Crippen LogP contribution in [0.2, 0.25) is 0 Å². The maximum atomic E-state index is 5.56. The van der Waals surface area contributed by atoms with Crippen molar-refractivity contribution in [3.8, 4) is 5.75 Å². The van der Waals surface area contributed by atoms with Gasteiger partial charge in [-0.1, -0.05) is 6.07 Å². The zero-order valence-electron chi connectivity index (χ0n) is 12.8. The van der Waals surface area contributed by atoms with Gasteiger partial charge in [0, 0.05) is 18.1 Å². The van der Waals surface area contributed by atoms with Gasteiger partial charge in [-0.15, -0.1) is 0 Å². The van der Waals surface area contributed by atoms with Gasteiger partial charge in [0.05, 0.1) is 12.8 Å². The Labute approximate surface area is 116 Å². The molecule has 1 aliphatic heterocycles. The molecule has 0 bridgehead atoms. The standard InChI is InChI=1S/C16H26N2O/c1-12-6-7-15(19-5)14(10-12)18-11-13(2)17-9-8-16(18,3)4/h6-7,10,13,17H,8-9,11H2,1-5H3. The number of nitrogens with zero attached hydrogens (tertiary/aromatic N) is 1. The lowest BCUT2D eigenvalue weighted by Crippen LogP contribution is -2.46. The Kier molecular flexibility index (Phi) is 4.04. The number of aryl methyl sites for hydroxylation is 1. The number of ether oxygens (including phenoxy) is 1. The van der Waals surface area contributed by atoms with Crippen molar-refractivity contribution in [1.82, 2.24) is 5.32 Å². The molecule has 1 fully saturated rings. The summed E-state index contributed by atoms with van der Waals surface area (Å²) in [5.74, 6) is 0.966. The zero-order chi connectivity index (χ0) is 14.0. The van der Waals surface area contributed by atoms with Crippen molar-refractivity contribution in [2.75, 3.05) is 25.1 Å². The van der Waals surface area contributed by atoms with Crippen LogP contribution < -0.4 is 15.0 Å². The van der Waals surface area contributed by atoms with E-state index in [-0.39, 0.29) is 5.54 Å². The van der Waals surface area contributed by atoms with Crippen LogP contribution in [-0.2, 0) is 0 Å². The lowest BCUT2D eigenvalue weighted by atomic mass is 9.97.